The maximum absolute atomic E-state index is 13.7. The van der Waals surface area contributed by atoms with Gasteiger partial charge in [0.05, 0.1) is 22.5 Å². The van der Waals surface area contributed by atoms with Gasteiger partial charge in [-0.1, -0.05) is 12.8 Å². The lowest BCUT2D eigenvalue weighted by molar-refractivity contribution is -0.129. The number of allylic oxidation sites excluding steroid dienone is 1. The summed E-state index contributed by atoms with van der Waals surface area (Å²) >= 11 is 1.16. The highest BCUT2D eigenvalue weighted by atomic mass is 32.2. The molecule has 1 aliphatic carbocycles. The Hall–Kier alpha value is -3.15. The van der Waals surface area contributed by atoms with Gasteiger partial charge < -0.3 is 15.1 Å². The van der Waals surface area contributed by atoms with Gasteiger partial charge in [0.25, 0.3) is 0 Å². The Balaban J connectivity index is 1.51. The average Bonchev–Trinajstić information content (AvgIpc) is 3.37. The SMILES string of the molecule is C=N/C(=C(\SC1CCCC1)c1ccnc(Nc2ccc(N3CCN(C(C)=O)CC3)cn2)n1)C(F)(F)F. The van der Waals surface area contributed by atoms with Crippen LogP contribution in [0.3, 0.4) is 0 Å². The number of aliphatic imine (C=N–C) groups is 1. The minimum absolute atomic E-state index is 0.0390. The van der Waals surface area contributed by atoms with Crippen molar-refractivity contribution in [2.45, 2.75) is 44.0 Å². The monoisotopic (exact) mass is 519 g/mol. The van der Waals surface area contributed by atoms with Crippen molar-refractivity contribution in [3.63, 3.8) is 0 Å². The van der Waals surface area contributed by atoms with E-state index in [1.165, 1.54) is 12.3 Å². The van der Waals surface area contributed by atoms with Gasteiger partial charge in [-0.2, -0.15) is 13.2 Å². The van der Waals surface area contributed by atoms with Gasteiger partial charge in [0.2, 0.25) is 11.9 Å². The number of halogens is 3. The summed E-state index contributed by atoms with van der Waals surface area (Å²) < 4.78 is 41.2. The molecule has 0 spiro atoms. The van der Waals surface area contributed by atoms with Crippen LogP contribution in [0.4, 0.5) is 30.6 Å². The minimum atomic E-state index is -4.64. The van der Waals surface area contributed by atoms with Crippen LogP contribution >= 0.6 is 11.8 Å². The van der Waals surface area contributed by atoms with Crippen LogP contribution in [0.15, 0.2) is 41.3 Å². The Bertz CT molecular complexity index is 1110. The summed E-state index contributed by atoms with van der Waals surface area (Å²) in [6.45, 7) is 7.47. The molecule has 4 rings (SSSR count). The van der Waals surface area contributed by atoms with Gasteiger partial charge in [-0.3, -0.25) is 9.79 Å². The van der Waals surface area contributed by atoms with Crippen molar-refractivity contribution in [2.75, 3.05) is 36.4 Å². The molecule has 1 saturated carbocycles. The minimum Gasteiger partial charge on any atom is -0.367 e. The second-order valence-electron chi connectivity index (χ2n) is 8.64. The summed E-state index contributed by atoms with van der Waals surface area (Å²) in [7, 11) is 0. The number of aromatic nitrogens is 3. The van der Waals surface area contributed by atoms with Gasteiger partial charge in [-0.15, -0.1) is 11.8 Å². The summed E-state index contributed by atoms with van der Waals surface area (Å²) in [6.07, 6.45) is 2.19. The van der Waals surface area contributed by atoms with Crippen molar-refractivity contribution in [3.8, 4) is 0 Å². The number of carbonyl (C=O) groups is 1. The van der Waals surface area contributed by atoms with Crippen molar-refractivity contribution in [2.24, 2.45) is 4.99 Å². The van der Waals surface area contributed by atoms with E-state index in [0.29, 0.717) is 32.0 Å². The molecule has 36 heavy (non-hydrogen) atoms. The zero-order valence-corrected chi connectivity index (χ0v) is 20.8. The molecule has 1 N–H and O–H groups in total. The molecule has 2 fully saturated rings. The van der Waals surface area contributed by atoms with E-state index in [9.17, 15) is 18.0 Å². The third-order valence-corrected chi connectivity index (χ3v) is 7.64. The van der Waals surface area contributed by atoms with Crippen molar-refractivity contribution in [1.29, 1.82) is 0 Å². The fourth-order valence-electron chi connectivity index (χ4n) is 4.29. The van der Waals surface area contributed by atoms with Crippen LogP contribution in [-0.2, 0) is 4.79 Å². The number of nitrogens with zero attached hydrogens (tertiary/aromatic N) is 6. The molecule has 2 aliphatic rings. The first-order chi connectivity index (χ1) is 17.2. The second kappa shape index (κ2) is 11.3. The van der Waals surface area contributed by atoms with Gasteiger partial charge >= 0.3 is 6.18 Å². The zero-order chi connectivity index (χ0) is 25.7. The maximum Gasteiger partial charge on any atom is 0.434 e. The predicted molar refractivity (Wildman–Crippen MR) is 136 cm³/mol. The number of carbonyl (C=O) groups excluding carboxylic acids is 1. The van der Waals surface area contributed by atoms with Crippen molar-refractivity contribution >= 4 is 46.7 Å². The first-order valence-electron chi connectivity index (χ1n) is 11.8. The molecule has 12 heteroatoms. The van der Waals surface area contributed by atoms with E-state index in [1.807, 2.05) is 11.0 Å². The molecule has 3 heterocycles. The quantitative estimate of drug-likeness (QED) is 0.521. The lowest BCUT2D eigenvalue weighted by Crippen LogP contribution is -2.48. The Labute approximate surface area is 212 Å². The smallest absolute Gasteiger partial charge is 0.367 e. The highest BCUT2D eigenvalue weighted by molar-refractivity contribution is 8.08. The summed E-state index contributed by atoms with van der Waals surface area (Å²) in [6, 6.07) is 5.11. The van der Waals surface area contributed by atoms with Crippen molar-refractivity contribution in [3.05, 3.63) is 42.0 Å². The number of amides is 1. The molecule has 1 amide bonds. The van der Waals surface area contributed by atoms with Crippen molar-refractivity contribution < 1.29 is 18.0 Å². The first-order valence-corrected chi connectivity index (χ1v) is 12.6. The largest absolute Gasteiger partial charge is 0.434 e. The maximum atomic E-state index is 13.7. The number of anilines is 3. The number of thioether (sulfide) groups is 1. The normalized spacial score (nSPS) is 17.7. The summed E-state index contributed by atoms with van der Waals surface area (Å²) in [5.74, 6) is 0.670. The van der Waals surface area contributed by atoms with Gasteiger partial charge in [0.15, 0.2) is 5.70 Å². The van der Waals surface area contributed by atoms with Gasteiger partial charge in [0.1, 0.15) is 5.82 Å². The number of hydrogen-bond acceptors (Lipinski definition) is 8. The predicted octanol–water partition coefficient (Wildman–Crippen LogP) is 4.89. The van der Waals surface area contributed by atoms with E-state index in [-0.39, 0.29) is 27.7 Å². The van der Waals surface area contributed by atoms with Crippen LogP contribution in [0.1, 0.15) is 38.3 Å². The van der Waals surface area contributed by atoms with E-state index in [0.717, 1.165) is 43.1 Å². The molecule has 1 aliphatic heterocycles. The molecule has 2 aromatic heterocycles. The van der Waals surface area contributed by atoms with Gasteiger partial charge in [-0.25, -0.2) is 15.0 Å². The second-order valence-corrected chi connectivity index (χ2v) is 9.95. The lowest BCUT2D eigenvalue weighted by Gasteiger charge is -2.35. The molecule has 8 nitrogen and oxygen atoms in total. The molecule has 0 radical (unpaired) electrons. The first kappa shape index (κ1) is 25.9. The van der Waals surface area contributed by atoms with Crippen LogP contribution in [0.2, 0.25) is 0 Å². The van der Waals surface area contributed by atoms with Crippen LogP contribution in [0.25, 0.3) is 4.91 Å². The van der Waals surface area contributed by atoms with Crippen LogP contribution in [0, 0.1) is 0 Å². The average molecular weight is 520 g/mol. The fourth-order valence-corrected chi connectivity index (χ4v) is 5.72. The van der Waals surface area contributed by atoms with E-state index in [1.54, 1.807) is 19.2 Å². The molecule has 0 aromatic carbocycles. The Kier molecular flexibility index (Phi) is 8.12. The van der Waals surface area contributed by atoms with E-state index < -0.39 is 11.9 Å². The molecule has 2 aromatic rings. The van der Waals surface area contributed by atoms with Crippen LogP contribution in [-0.4, -0.2) is 70.1 Å². The zero-order valence-electron chi connectivity index (χ0n) is 20.0. The number of rotatable bonds is 7. The van der Waals surface area contributed by atoms with Crippen molar-refractivity contribution in [1.82, 2.24) is 19.9 Å². The molecule has 192 valence electrons. The van der Waals surface area contributed by atoms with Gasteiger partial charge in [0, 0.05) is 44.5 Å². The Morgan fingerprint density at radius 1 is 1.14 bits per heavy atom. The number of nitrogens with one attached hydrogen (secondary N) is 1. The molecule has 1 saturated heterocycles. The standard InChI is InChI=1S/C24H28F3N7OS/c1-16(35)33-11-13-34(14-12-33)17-7-8-20(30-15-17)32-23-29-10-9-19(31-23)21(22(28-2)24(25,26)27)36-18-5-3-4-6-18/h7-10,15,18H,2-6,11-14H2,1H3,(H,29,30,31,32)/b22-21-. The fraction of sp³-hybridized carbons (Fsp3) is 0.458. The summed E-state index contributed by atoms with van der Waals surface area (Å²) in [5.41, 5.74) is 0.0315. The number of piperazine rings is 1. The molecule has 0 bridgehead atoms. The third kappa shape index (κ3) is 6.34. The van der Waals surface area contributed by atoms with Crippen LogP contribution in [0.5, 0.6) is 0 Å². The van der Waals surface area contributed by atoms with E-state index >= 15 is 0 Å². The highest BCUT2D eigenvalue weighted by Gasteiger charge is 2.38. The highest BCUT2D eigenvalue weighted by Crippen LogP contribution is 2.44. The topological polar surface area (TPSA) is 86.6 Å². The number of alkyl halides is 3. The number of pyridine rings is 1. The Morgan fingerprint density at radius 3 is 2.44 bits per heavy atom. The van der Waals surface area contributed by atoms with E-state index in [4.69, 9.17) is 0 Å². The van der Waals surface area contributed by atoms with Gasteiger partial charge in [-0.05, 0) is 37.8 Å². The van der Waals surface area contributed by atoms with E-state index in [2.05, 4.69) is 36.9 Å². The third-order valence-electron chi connectivity index (χ3n) is 6.19. The number of hydrogen-bond donors (Lipinski definition) is 1. The molecule has 0 atom stereocenters. The lowest BCUT2D eigenvalue weighted by atomic mass is 10.2. The molecule has 0 unspecified atom stereocenters. The summed E-state index contributed by atoms with van der Waals surface area (Å²) in [4.78, 5) is 31.7. The summed E-state index contributed by atoms with van der Waals surface area (Å²) in [5, 5.41) is 3.06. The Morgan fingerprint density at radius 2 is 1.86 bits per heavy atom. The molecular formula is C24H28F3N7OS. The molecular weight excluding hydrogens is 491 g/mol. The van der Waals surface area contributed by atoms with Crippen LogP contribution < -0.4 is 10.2 Å².